The molecule has 6 rings (SSSR count). The second-order valence-electron chi connectivity index (χ2n) is 8.70. The van der Waals surface area contributed by atoms with Crippen molar-refractivity contribution in [3.63, 3.8) is 0 Å². The molecule has 4 N–H and O–H groups in total. The highest BCUT2D eigenvalue weighted by atomic mass is 19.1. The van der Waals surface area contributed by atoms with Crippen LogP contribution < -0.4 is 5.32 Å². The highest BCUT2D eigenvalue weighted by molar-refractivity contribution is 6.00. The fourth-order valence-electron chi connectivity index (χ4n) is 4.53. The number of hydrogen-bond donors (Lipinski definition) is 4. The predicted molar refractivity (Wildman–Crippen MR) is 139 cm³/mol. The van der Waals surface area contributed by atoms with Gasteiger partial charge in [0.15, 0.2) is 0 Å². The molecule has 0 aliphatic heterocycles. The molecular weight excluding hydrogens is 455 g/mol. The summed E-state index contributed by atoms with van der Waals surface area (Å²) in [7, 11) is 0. The summed E-state index contributed by atoms with van der Waals surface area (Å²) < 4.78 is 14.0. The van der Waals surface area contributed by atoms with E-state index in [0.717, 1.165) is 69.0 Å². The van der Waals surface area contributed by atoms with Crippen molar-refractivity contribution in [3.05, 3.63) is 84.6 Å². The van der Waals surface area contributed by atoms with Gasteiger partial charge in [-0.3, -0.25) is 15.1 Å². The quantitative estimate of drug-likeness (QED) is 0.243. The molecule has 6 aromatic rings. The number of rotatable bonds is 6. The number of phenols is 1. The summed E-state index contributed by atoms with van der Waals surface area (Å²) in [6.07, 6.45) is 5.40. The van der Waals surface area contributed by atoms with Crippen LogP contribution in [0.1, 0.15) is 12.5 Å². The number of benzene rings is 2. The molecule has 0 unspecified atom stereocenters. The lowest BCUT2D eigenvalue weighted by Crippen LogP contribution is -2.11. The third-order valence-corrected chi connectivity index (χ3v) is 6.23. The smallest absolute Gasteiger partial charge is 0.127 e. The average molecular weight is 479 g/mol. The Hall–Kier alpha value is -4.56. The number of aromatic hydroxyl groups is 1. The van der Waals surface area contributed by atoms with E-state index in [-0.39, 0.29) is 5.75 Å². The Labute approximate surface area is 206 Å². The normalized spacial score (nSPS) is 11.5. The van der Waals surface area contributed by atoms with Crippen LogP contribution in [0, 0.1) is 5.82 Å². The van der Waals surface area contributed by atoms with Crippen LogP contribution in [0.5, 0.6) is 5.75 Å². The number of phenolic OH excluding ortho intramolecular Hbond substituents is 1. The van der Waals surface area contributed by atoms with Crippen molar-refractivity contribution >= 4 is 21.8 Å². The zero-order valence-corrected chi connectivity index (χ0v) is 19.5. The van der Waals surface area contributed by atoms with E-state index in [9.17, 15) is 9.50 Å². The summed E-state index contributed by atoms with van der Waals surface area (Å²) in [5.74, 6) is -0.663. The third kappa shape index (κ3) is 3.97. The van der Waals surface area contributed by atoms with E-state index in [0.29, 0.717) is 11.3 Å². The van der Waals surface area contributed by atoms with Gasteiger partial charge in [-0.25, -0.2) is 4.39 Å². The van der Waals surface area contributed by atoms with Crippen LogP contribution in [0.15, 0.2) is 73.2 Å². The second-order valence-corrected chi connectivity index (χ2v) is 8.70. The largest absolute Gasteiger partial charge is 0.508 e. The number of nitrogens with zero attached hydrogens (tertiary/aromatic N) is 3. The maximum Gasteiger partial charge on any atom is 0.127 e. The van der Waals surface area contributed by atoms with Gasteiger partial charge < -0.3 is 15.4 Å². The van der Waals surface area contributed by atoms with Crippen molar-refractivity contribution in [2.75, 3.05) is 6.54 Å². The summed E-state index contributed by atoms with van der Waals surface area (Å²) in [5, 5.41) is 22.7. The van der Waals surface area contributed by atoms with Gasteiger partial charge in [0, 0.05) is 58.6 Å². The molecule has 0 radical (unpaired) electrons. The molecule has 0 bridgehead atoms. The second kappa shape index (κ2) is 8.90. The Morgan fingerprint density at radius 1 is 0.889 bits per heavy atom. The number of halogens is 1. The van der Waals surface area contributed by atoms with Gasteiger partial charge in [0.2, 0.25) is 0 Å². The van der Waals surface area contributed by atoms with Crippen LogP contribution >= 0.6 is 0 Å². The van der Waals surface area contributed by atoms with E-state index in [1.807, 2.05) is 30.6 Å². The predicted octanol–water partition coefficient (Wildman–Crippen LogP) is 5.79. The van der Waals surface area contributed by atoms with Gasteiger partial charge in [-0.2, -0.15) is 5.10 Å². The van der Waals surface area contributed by atoms with Gasteiger partial charge >= 0.3 is 0 Å². The number of fused-ring (bicyclic) bond motifs is 2. The molecule has 0 fully saturated rings. The standard InChI is InChI=1S/C28H23FN6O/c1-2-30-13-16-7-19(15-31-14-16)17-3-4-25-22(10-17)28(35-34-25)26-12-23-24(33-26)5-6-32-27(23)18-8-20(29)11-21(36)9-18/h3-12,14-15,30,33,36H,2,13H2,1H3,(H,34,35). The van der Waals surface area contributed by atoms with E-state index in [2.05, 4.69) is 55.6 Å². The van der Waals surface area contributed by atoms with E-state index in [1.54, 1.807) is 6.20 Å². The minimum Gasteiger partial charge on any atom is -0.508 e. The molecular formula is C28H23FN6O. The van der Waals surface area contributed by atoms with Crippen LogP contribution in [0.2, 0.25) is 0 Å². The topological polar surface area (TPSA) is 103 Å². The van der Waals surface area contributed by atoms with Crippen LogP contribution in [-0.2, 0) is 6.54 Å². The number of H-pyrrole nitrogens is 2. The van der Waals surface area contributed by atoms with Gasteiger partial charge in [-0.1, -0.05) is 13.0 Å². The molecule has 0 spiro atoms. The minimum absolute atomic E-state index is 0.144. The van der Waals surface area contributed by atoms with Gasteiger partial charge in [-0.05, 0) is 60.1 Å². The molecule has 2 aromatic carbocycles. The first kappa shape index (κ1) is 21.9. The molecule has 0 aliphatic carbocycles. The van der Waals surface area contributed by atoms with Crippen LogP contribution in [-0.4, -0.2) is 36.8 Å². The molecule has 7 nitrogen and oxygen atoms in total. The first-order valence-corrected chi connectivity index (χ1v) is 11.7. The zero-order valence-electron chi connectivity index (χ0n) is 19.5. The summed E-state index contributed by atoms with van der Waals surface area (Å²) in [6, 6.07) is 16.1. The summed E-state index contributed by atoms with van der Waals surface area (Å²) in [4.78, 5) is 12.3. The fraction of sp³-hybridized carbons (Fsp3) is 0.107. The van der Waals surface area contributed by atoms with Crippen LogP contribution in [0.4, 0.5) is 4.39 Å². The molecule has 0 amide bonds. The van der Waals surface area contributed by atoms with Gasteiger partial charge in [0.05, 0.1) is 16.9 Å². The Bertz CT molecular complexity index is 1700. The van der Waals surface area contributed by atoms with E-state index >= 15 is 0 Å². The number of nitrogens with one attached hydrogen (secondary N) is 3. The van der Waals surface area contributed by atoms with Crippen molar-refractivity contribution in [1.29, 1.82) is 0 Å². The van der Waals surface area contributed by atoms with Crippen molar-refractivity contribution in [2.45, 2.75) is 13.5 Å². The lowest BCUT2D eigenvalue weighted by Gasteiger charge is -2.06. The zero-order chi connectivity index (χ0) is 24.6. The first-order chi connectivity index (χ1) is 17.6. The van der Waals surface area contributed by atoms with Crippen molar-refractivity contribution in [1.82, 2.24) is 30.5 Å². The molecule has 0 aliphatic rings. The Balaban J connectivity index is 1.44. The highest BCUT2D eigenvalue weighted by Gasteiger charge is 2.16. The van der Waals surface area contributed by atoms with Crippen molar-refractivity contribution in [2.24, 2.45) is 0 Å². The number of pyridine rings is 2. The maximum absolute atomic E-state index is 14.0. The fourth-order valence-corrected chi connectivity index (χ4v) is 4.53. The third-order valence-electron chi connectivity index (χ3n) is 6.23. The van der Waals surface area contributed by atoms with Crippen molar-refractivity contribution < 1.29 is 9.50 Å². The van der Waals surface area contributed by atoms with Gasteiger partial charge in [-0.15, -0.1) is 0 Å². The minimum atomic E-state index is -0.519. The van der Waals surface area contributed by atoms with Crippen LogP contribution in [0.3, 0.4) is 0 Å². The average Bonchev–Trinajstić information content (AvgIpc) is 3.50. The first-order valence-electron chi connectivity index (χ1n) is 11.7. The molecule has 0 atom stereocenters. The lowest BCUT2D eigenvalue weighted by molar-refractivity contribution is 0.469. The molecule has 36 heavy (non-hydrogen) atoms. The number of aromatic amines is 2. The Kier molecular flexibility index (Phi) is 5.42. The summed E-state index contributed by atoms with van der Waals surface area (Å²) >= 11 is 0. The lowest BCUT2D eigenvalue weighted by atomic mass is 10.0. The molecule has 4 heterocycles. The highest BCUT2D eigenvalue weighted by Crippen LogP contribution is 2.35. The van der Waals surface area contributed by atoms with Crippen molar-refractivity contribution in [3.8, 4) is 39.5 Å². The van der Waals surface area contributed by atoms with Gasteiger partial charge in [0.1, 0.15) is 17.3 Å². The molecule has 4 aromatic heterocycles. The van der Waals surface area contributed by atoms with Gasteiger partial charge in [0.25, 0.3) is 0 Å². The van der Waals surface area contributed by atoms with Crippen LogP contribution in [0.25, 0.3) is 55.6 Å². The molecule has 0 saturated heterocycles. The summed E-state index contributed by atoms with van der Waals surface area (Å²) in [5.41, 5.74) is 7.62. The maximum atomic E-state index is 14.0. The number of aromatic nitrogens is 5. The molecule has 178 valence electrons. The van der Waals surface area contributed by atoms with E-state index in [4.69, 9.17) is 0 Å². The molecule has 8 heteroatoms. The SMILES string of the molecule is CCNCc1cncc(-c2ccc3[nH]nc(-c4cc5c(-c6cc(O)cc(F)c6)nccc5[nH]4)c3c2)c1. The number of hydrogen-bond acceptors (Lipinski definition) is 5. The van der Waals surface area contributed by atoms with E-state index in [1.165, 1.54) is 12.1 Å². The Morgan fingerprint density at radius 3 is 2.64 bits per heavy atom. The monoisotopic (exact) mass is 478 g/mol. The molecule has 0 saturated carbocycles. The Morgan fingerprint density at radius 2 is 1.78 bits per heavy atom. The van der Waals surface area contributed by atoms with E-state index < -0.39 is 5.82 Å². The summed E-state index contributed by atoms with van der Waals surface area (Å²) in [6.45, 7) is 3.75.